The minimum atomic E-state index is -0.524. The second-order valence-corrected chi connectivity index (χ2v) is 8.11. The molecule has 2 aliphatic rings. The number of benzene rings is 1. The largest absolute Gasteiger partial charge is 0.459 e. The van der Waals surface area contributed by atoms with Crippen molar-refractivity contribution in [2.75, 3.05) is 46.4 Å². The van der Waals surface area contributed by atoms with Gasteiger partial charge in [0.25, 0.3) is 5.91 Å². The number of hydrogen-bond donors (Lipinski definition) is 1. The first-order valence-corrected chi connectivity index (χ1v) is 10.8. The predicted molar refractivity (Wildman–Crippen MR) is 113 cm³/mol. The monoisotopic (exact) mass is 422 g/mol. The highest BCUT2D eigenvalue weighted by molar-refractivity contribution is 6.30. The minimum Gasteiger partial charge on any atom is -0.459 e. The summed E-state index contributed by atoms with van der Waals surface area (Å²) in [4.78, 5) is 17.2. The van der Waals surface area contributed by atoms with Crippen LogP contribution >= 0.6 is 11.6 Å². The van der Waals surface area contributed by atoms with Crippen molar-refractivity contribution in [1.29, 1.82) is 0 Å². The molecule has 0 spiro atoms. The molecule has 0 unspecified atom stereocenters. The lowest BCUT2D eigenvalue weighted by Gasteiger charge is -2.39. The van der Waals surface area contributed by atoms with Gasteiger partial charge < -0.3 is 24.4 Å². The van der Waals surface area contributed by atoms with Gasteiger partial charge in [-0.2, -0.15) is 0 Å². The highest BCUT2D eigenvalue weighted by Crippen LogP contribution is 2.40. The van der Waals surface area contributed by atoms with E-state index in [1.54, 1.807) is 0 Å². The lowest BCUT2D eigenvalue weighted by atomic mass is 9.80. The standard InChI is InChI=1S/C22H31ClN2O4/c1-3-28-22-18(5-4-14-26)19(16-6-8-17(23)9-7-16)15-20(29-22)21(27)25-12-10-24(2)11-13-25/h6-9,15,18-19,22,26H,3-5,10-14H2,1-2H3/t18-,19-,22-/m1/s1. The van der Waals surface area contributed by atoms with Crippen molar-refractivity contribution < 1.29 is 19.4 Å². The molecule has 0 aromatic heterocycles. The van der Waals surface area contributed by atoms with Crippen molar-refractivity contribution >= 4 is 17.5 Å². The van der Waals surface area contributed by atoms with Gasteiger partial charge >= 0.3 is 0 Å². The van der Waals surface area contributed by atoms with E-state index >= 15 is 0 Å². The first-order chi connectivity index (χ1) is 14.0. The van der Waals surface area contributed by atoms with Crippen LogP contribution in [0.2, 0.25) is 5.02 Å². The zero-order valence-corrected chi connectivity index (χ0v) is 18.0. The van der Waals surface area contributed by atoms with Crippen LogP contribution in [-0.4, -0.2) is 73.5 Å². The first-order valence-electron chi connectivity index (χ1n) is 10.4. The van der Waals surface area contributed by atoms with Crippen LogP contribution in [0.1, 0.15) is 31.2 Å². The Morgan fingerprint density at radius 2 is 1.93 bits per heavy atom. The Morgan fingerprint density at radius 1 is 1.24 bits per heavy atom. The number of likely N-dealkylation sites (N-methyl/N-ethyl adjacent to an activating group) is 1. The van der Waals surface area contributed by atoms with E-state index in [2.05, 4.69) is 11.9 Å². The molecule has 0 bridgehead atoms. The molecule has 1 N–H and O–H groups in total. The van der Waals surface area contributed by atoms with Crippen LogP contribution < -0.4 is 0 Å². The van der Waals surface area contributed by atoms with E-state index in [1.165, 1.54) is 0 Å². The van der Waals surface area contributed by atoms with Crippen molar-refractivity contribution in [2.24, 2.45) is 5.92 Å². The van der Waals surface area contributed by atoms with E-state index in [4.69, 9.17) is 21.1 Å². The normalized spacial score (nSPS) is 25.4. The Morgan fingerprint density at radius 3 is 2.55 bits per heavy atom. The number of aliphatic hydroxyl groups is 1. The average Bonchev–Trinajstić information content (AvgIpc) is 2.73. The Balaban J connectivity index is 1.90. The number of allylic oxidation sites excluding steroid dienone is 1. The van der Waals surface area contributed by atoms with E-state index < -0.39 is 6.29 Å². The maximum Gasteiger partial charge on any atom is 0.288 e. The Hall–Kier alpha value is -1.60. The Labute approximate surface area is 178 Å². The van der Waals surface area contributed by atoms with Crippen molar-refractivity contribution in [3.63, 3.8) is 0 Å². The van der Waals surface area contributed by atoms with Gasteiger partial charge in [0.15, 0.2) is 5.76 Å². The summed E-state index contributed by atoms with van der Waals surface area (Å²) in [5, 5.41) is 10.0. The molecule has 1 aromatic rings. The number of ether oxygens (including phenoxy) is 2. The maximum absolute atomic E-state index is 13.2. The molecule has 3 rings (SSSR count). The SMILES string of the molecule is CCO[C@@H]1OC(C(=O)N2CCN(C)CC2)=C[C@H](c2ccc(Cl)cc2)[C@H]1CCCO. The van der Waals surface area contributed by atoms with Gasteiger partial charge in [-0.15, -0.1) is 0 Å². The summed E-state index contributed by atoms with van der Waals surface area (Å²) < 4.78 is 12.0. The molecule has 0 saturated carbocycles. The highest BCUT2D eigenvalue weighted by atomic mass is 35.5. The first kappa shape index (κ1) is 22.1. The minimum absolute atomic E-state index is 0.00677. The summed E-state index contributed by atoms with van der Waals surface area (Å²) in [6.45, 7) is 5.61. The van der Waals surface area contributed by atoms with Crippen molar-refractivity contribution in [3.8, 4) is 0 Å². The van der Waals surface area contributed by atoms with Crippen molar-refractivity contribution in [1.82, 2.24) is 9.80 Å². The molecule has 160 valence electrons. The molecule has 0 radical (unpaired) electrons. The zero-order chi connectivity index (χ0) is 20.8. The third-order valence-corrected chi connectivity index (χ3v) is 5.92. The number of rotatable bonds is 7. The molecule has 1 aromatic carbocycles. The predicted octanol–water partition coefficient (Wildman–Crippen LogP) is 2.86. The smallest absolute Gasteiger partial charge is 0.288 e. The molecule has 2 heterocycles. The second kappa shape index (κ2) is 10.4. The lowest BCUT2D eigenvalue weighted by molar-refractivity contribution is -0.170. The molecule has 1 saturated heterocycles. The molecule has 3 atom stereocenters. The molecule has 0 aliphatic carbocycles. The third kappa shape index (κ3) is 5.51. The number of aliphatic hydroxyl groups excluding tert-OH is 1. The van der Waals surface area contributed by atoms with E-state index in [-0.39, 0.29) is 24.3 Å². The fourth-order valence-electron chi connectivity index (χ4n) is 3.99. The quantitative estimate of drug-likeness (QED) is 0.732. The summed E-state index contributed by atoms with van der Waals surface area (Å²) >= 11 is 6.08. The Bertz CT molecular complexity index is 701. The van der Waals surface area contributed by atoms with Gasteiger partial charge in [-0.05, 0) is 50.6 Å². The lowest BCUT2D eigenvalue weighted by Crippen LogP contribution is -2.49. The van der Waals surface area contributed by atoms with Crippen LogP contribution in [0.5, 0.6) is 0 Å². The van der Waals surface area contributed by atoms with E-state index in [0.717, 1.165) is 25.1 Å². The average molecular weight is 423 g/mol. The van der Waals surface area contributed by atoms with Crippen molar-refractivity contribution in [2.45, 2.75) is 32.0 Å². The molecular weight excluding hydrogens is 392 g/mol. The van der Waals surface area contributed by atoms with Crippen molar-refractivity contribution in [3.05, 3.63) is 46.7 Å². The Kier molecular flexibility index (Phi) is 7.95. The summed E-state index contributed by atoms with van der Waals surface area (Å²) in [6, 6.07) is 7.70. The van der Waals surface area contributed by atoms with Crippen LogP contribution in [-0.2, 0) is 14.3 Å². The fraction of sp³-hybridized carbons (Fsp3) is 0.591. The van der Waals surface area contributed by atoms with Gasteiger partial charge in [0, 0.05) is 56.3 Å². The third-order valence-electron chi connectivity index (χ3n) is 5.67. The second-order valence-electron chi connectivity index (χ2n) is 7.68. The zero-order valence-electron chi connectivity index (χ0n) is 17.2. The number of hydrogen-bond acceptors (Lipinski definition) is 5. The molecule has 1 fully saturated rings. The molecule has 2 aliphatic heterocycles. The number of piperazine rings is 1. The number of nitrogens with zero attached hydrogens (tertiary/aromatic N) is 2. The van der Waals surface area contributed by atoms with Crippen LogP contribution in [0.15, 0.2) is 36.1 Å². The highest BCUT2D eigenvalue weighted by Gasteiger charge is 2.39. The van der Waals surface area contributed by atoms with Gasteiger partial charge in [-0.25, -0.2) is 0 Å². The number of amides is 1. The molecule has 29 heavy (non-hydrogen) atoms. The van der Waals surface area contributed by atoms with Crippen LogP contribution in [0.4, 0.5) is 0 Å². The molecular formula is C22H31ClN2O4. The van der Waals surface area contributed by atoms with E-state index in [1.807, 2.05) is 42.2 Å². The van der Waals surface area contributed by atoms with Crippen LogP contribution in [0.25, 0.3) is 0 Å². The van der Waals surface area contributed by atoms with Gasteiger partial charge in [0.1, 0.15) is 0 Å². The summed E-state index contributed by atoms with van der Waals surface area (Å²) in [5.74, 6) is 0.235. The van der Waals surface area contributed by atoms with E-state index in [9.17, 15) is 9.90 Å². The van der Waals surface area contributed by atoms with Gasteiger partial charge in [0.2, 0.25) is 6.29 Å². The molecule has 6 nitrogen and oxygen atoms in total. The summed E-state index contributed by atoms with van der Waals surface area (Å²) in [5.41, 5.74) is 1.06. The van der Waals surface area contributed by atoms with Gasteiger partial charge in [-0.3, -0.25) is 4.79 Å². The molecule has 1 amide bonds. The van der Waals surface area contributed by atoms with Gasteiger partial charge in [0.05, 0.1) is 0 Å². The van der Waals surface area contributed by atoms with Crippen LogP contribution in [0, 0.1) is 5.92 Å². The summed E-state index contributed by atoms with van der Waals surface area (Å²) in [6.07, 6.45) is 2.79. The van der Waals surface area contributed by atoms with Gasteiger partial charge in [-0.1, -0.05) is 23.7 Å². The number of carbonyl (C=O) groups is 1. The number of halogens is 1. The fourth-order valence-corrected chi connectivity index (χ4v) is 4.11. The maximum atomic E-state index is 13.2. The molecule has 7 heteroatoms. The van der Waals surface area contributed by atoms with Crippen LogP contribution in [0.3, 0.4) is 0 Å². The van der Waals surface area contributed by atoms with E-state index in [0.29, 0.717) is 36.9 Å². The summed E-state index contributed by atoms with van der Waals surface area (Å²) in [7, 11) is 2.06. The topological polar surface area (TPSA) is 62.2 Å². The number of carbonyl (C=O) groups excluding carboxylic acids is 1.